The van der Waals surface area contributed by atoms with E-state index in [4.69, 9.17) is 10.9 Å². The predicted molar refractivity (Wildman–Crippen MR) is 74.9 cm³/mol. The summed E-state index contributed by atoms with van der Waals surface area (Å²) in [5.41, 5.74) is 8.66. The number of nitrogens with two attached hydrogens (primary N) is 1. The Morgan fingerprint density at radius 2 is 2.25 bits per heavy atom. The third-order valence-electron chi connectivity index (χ3n) is 3.14. The van der Waals surface area contributed by atoms with Crippen LogP contribution in [0.1, 0.15) is 23.2 Å². The molecule has 1 aliphatic carbocycles. The third-order valence-corrected chi connectivity index (χ3v) is 4.06. The van der Waals surface area contributed by atoms with Crippen LogP contribution in [0.15, 0.2) is 39.9 Å². The lowest BCUT2D eigenvalue weighted by Gasteiger charge is -2.09. The van der Waals surface area contributed by atoms with Crippen molar-refractivity contribution in [2.75, 3.05) is 0 Å². The van der Waals surface area contributed by atoms with Gasteiger partial charge < -0.3 is 10.9 Å². The van der Waals surface area contributed by atoms with Crippen molar-refractivity contribution in [3.8, 4) is 0 Å². The summed E-state index contributed by atoms with van der Waals surface area (Å²) in [4.78, 5) is 12.9. The maximum atomic E-state index is 8.93. The molecule has 2 heterocycles. The largest absolute Gasteiger partial charge is 0.409 e. The summed E-state index contributed by atoms with van der Waals surface area (Å²) < 4.78 is 0. The van der Waals surface area contributed by atoms with Crippen LogP contribution in [0.25, 0.3) is 0 Å². The fraction of sp³-hybridized carbons (Fsp3) is 0.231. The van der Waals surface area contributed by atoms with Gasteiger partial charge in [-0.05, 0) is 42.7 Å². The number of aryl methyl sites for hydroxylation is 2. The van der Waals surface area contributed by atoms with Gasteiger partial charge in [-0.3, -0.25) is 4.98 Å². The molecule has 2 aromatic heterocycles. The summed E-state index contributed by atoms with van der Waals surface area (Å²) in [5, 5.41) is 13.4. The Balaban J connectivity index is 2.04. The first-order valence-corrected chi connectivity index (χ1v) is 7.04. The van der Waals surface area contributed by atoms with Gasteiger partial charge >= 0.3 is 0 Å². The molecule has 102 valence electrons. The molecular weight excluding hydrogens is 274 g/mol. The Kier molecular flexibility index (Phi) is 3.51. The van der Waals surface area contributed by atoms with Crippen LogP contribution in [-0.2, 0) is 12.8 Å². The third kappa shape index (κ3) is 2.44. The minimum atomic E-state index is 0.0681. The SMILES string of the molecule is NC(=NO)c1cc2c(nc1Sc1cnccn1)CCC2. The molecule has 20 heavy (non-hydrogen) atoms. The summed E-state index contributed by atoms with van der Waals surface area (Å²) in [6.07, 6.45) is 7.96. The summed E-state index contributed by atoms with van der Waals surface area (Å²) >= 11 is 1.37. The van der Waals surface area contributed by atoms with Crippen molar-refractivity contribution < 1.29 is 5.21 Å². The molecule has 2 aromatic rings. The molecule has 0 unspecified atom stereocenters. The standard InChI is InChI=1S/C13H13N5OS/c14-12(18-19)9-6-8-2-1-3-10(8)17-13(9)20-11-7-15-4-5-16-11/h4-7,19H,1-3H2,(H2,14,18). The Bertz CT molecular complexity index is 659. The fourth-order valence-electron chi connectivity index (χ4n) is 2.21. The molecule has 7 heteroatoms. The summed E-state index contributed by atoms with van der Waals surface area (Å²) in [7, 11) is 0. The molecule has 3 N–H and O–H groups in total. The van der Waals surface area contributed by atoms with E-state index in [-0.39, 0.29) is 5.84 Å². The van der Waals surface area contributed by atoms with Crippen LogP contribution in [0.4, 0.5) is 0 Å². The second kappa shape index (κ2) is 5.46. The van der Waals surface area contributed by atoms with Crippen LogP contribution in [0.5, 0.6) is 0 Å². The number of oxime groups is 1. The average molecular weight is 287 g/mol. The zero-order valence-corrected chi connectivity index (χ0v) is 11.5. The number of hydrogen-bond donors (Lipinski definition) is 2. The Morgan fingerprint density at radius 1 is 1.35 bits per heavy atom. The number of aromatic nitrogens is 3. The Labute approximate surface area is 120 Å². The van der Waals surface area contributed by atoms with Gasteiger partial charge in [-0.15, -0.1) is 0 Å². The molecule has 0 radical (unpaired) electrons. The van der Waals surface area contributed by atoms with Crippen LogP contribution in [0.2, 0.25) is 0 Å². The van der Waals surface area contributed by atoms with Crippen molar-refractivity contribution in [3.63, 3.8) is 0 Å². The van der Waals surface area contributed by atoms with Crippen molar-refractivity contribution in [1.29, 1.82) is 0 Å². The molecule has 0 saturated carbocycles. The molecule has 0 atom stereocenters. The highest BCUT2D eigenvalue weighted by atomic mass is 32.2. The molecule has 6 nitrogen and oxygen atoms in total. The first kappa shape index (κ1) is 12.9. The summed E-state index contributed by atoms with van der Waals surface area (Å²) in [6.45, 7) is 0. The lowest BCUT2D eigenvalue weighted by molar-refractivity contribution is 0.318. The molecule has 0 amide bonds. The molecular formula is C13H13N5OS. The van der Waals surface area contributed by atoms with E-state index in [9.17, 15) is 0 Å². The topological polar surface area (TPSA) is 97.3 Å². The van der Waals surface area contributed by atoms with E-state index in [2.05, 4.69) is 20.1 Å². The van der Waals surface area contributed by atoms with Crippen molar-refractivity contribution in [3.05, 3.63) is 41.5 Å². The second-order valence-corrected chi connectivity index (χ2v) is 5.44. The number of hydrogen-bond acceptors (Lipinski definition) is 6. The molecule has 0 aliphatic heterocycles. The van der Waals surface area contributed by atoms with Crippen molar-refractivity contribution in [2.24, 2.45) is 10.9 Å². The zero-order valence-electron chi connectivity index (χ0n) is 10.7. The van der Waals surface area contributed by atoms with Gasteiger partial charge in [0.25, 0.3) is 0 Å². The highest BCUT2D eigenvalue weighted by Gasteiger charge is 2.19. The van der Waals surface area contributed by atoms with Crippen LogP contribution >= 0.6 is 11.8 Å². The van der Waals surface area contributed by atoms with Gasteiger partial charge in [0, 0.05) is 18.1 Å². The molecule has 1 aliphatic rings. The van der Waals surface area contributed by atoms with Gasteiger partial charge in [0.05, 0.1) is 11.8 Å². The maximum absolute atomic E-state index is 8.93. The van der Waals surface area contributed by atoms with Gasteiger partial charge in [0.15, 0.2) is 5.84 Å². The lowest BCUT2D eigenvalue weighted by Crippen LogP contribution is -2.16. The van der Waals surface area contributed by atoms with E-state index in [1.54, 1.807) is 18.6 Å². The van der Waals surface area contributed by atoms with Gasteiger partial charge in [-0.2, -0.15) is 0 Å². The number of fused-ring (bicyclic) bond motifs is 1. The molecule has 0 bridgehead atoms. The molecule has 0 fully saturated rings. The normalized spacial score (nSPS) is 14.3. The Morgan fingerprint density at radius 3 is 3.00 bits per heavy atom. The monoisotopic (exact) mass is 287 g/mol. The number of pyridine rings is 1. The minimum absolute atomic E-state index is 0.0681. The van der Waals surface area contributed by atoms with E-state index in [0.29, 0.717) is 10.6 Å². The van der Waals surface area contributed by atoms with Gasteiger partial charge in [-0.1, -0.05) is 5.16 Å². The molecule has 0 saturated heterocycles. The Hall–Kier alpha value is -2.15. The van der Waals surface area contributed by atoms with Crippen molar-refractivity contribution in [1.82, 2.24) is 15.0 Å². The highest BCUT2D eigenvalue weighted by Crippen LogP contribution is 2.31. The first-order chi connectivity index (χ1) is 9.78. The van der Waals surface area contributed by atoms with Crippen molar-refractivity contribution >= 4 is 17.6 Å². The summed E-state index contributed by atoms with van der Waals surface area (Å²) in [5.74, 6) is 0.0681. The first-order valence-electron chi connectivity index (χ1n) is 6.22. The average Bonchev–Trinajstić information content (AvgIpc) is 2.94. The summed E-state index contributed by atoms with van der Waals surface area (Å²) in [6, 6.07) is 1.96. The van der Waals surface area contributed by atoms with Crippen LogP contribution < -0.4 is 5.73 Å². The predicted octanol–water partition coefficient (Wildman–Crippen LogP) is 1.61. The highest BCUT2D eigenvalue weighted by molar-refractivity contribution is 7.99. The van der Waals surface area contributed by atoms with Gasteiger partial charge in [0.2, 0.25) is 0 Å². The van der Waals surface area contributed by atoms with Crippen LogP contribution in [0.3, 0.4) is 0 Å². The fourth-order valence-corrected chi connectivity index (χ4v) is 3.06. The van der Waals surface area contributed by atoms with E-state index in [1.165, 1.54) is 17.3 Å². The van der Waals surface area contributed by atoms with E-state index < -0.39 is 0 Å². The van der Waals surface area contributed by atoms with Gasteiger partial charge in [-0.25, -0.2) is 9.97 Å². The number of amidine groups is 1. The quantitative estimate of drug-likeness (QED) is 0.385. The van der Waals surface area contributed by atoms with Crippen molar-refractivity contribution in [2.45, 2.75) is 29.3 Å². The smallest absolute Gasteiger partial charge is 0.172 e. The zero-order chi connectivity index (χ0) is 13.9. The van der Waals surface area contributed by atoms with Crippen LogP contribution in [-0.4, -0.2) is 26.0 Å². The maximum Gasteiger partial charge on any atom is 0.172 e. The molecule has 3 rings (SSSR count). The van der Waals surface area contributed by atoms with Gasteiger partial charge in [0.1, 0.15) is 10.1 Å². The van der Waals surface area contributed by atoms with E-state index in [1.807, 2.05) is 6.07 Å². The number of rotatable bonds is 3. The van der Waals surface area contributed by atoms with E-state index >= 15 is 0 Å². The second-order valence-electron chi connectivity index (χ2n) is 4.43. The minimum Gasteiger partial charge on any atom is -0.409 e. The lowest BCUT2D eigenvalue weighted by atomic mass is 10.1. The molecule has 0 aromatic carbocycles. The van der Waals surface area contributed by atoms with Crippen LogP contribution in [0, 0.1) is 0 Å². The number of nitrogens with zero attached hydrogens (tertiary/aromatic N) is 4. The van der Waals surface area contributed by atoms with E-state index in [0.717, 1.165) is 30.0 Å². The molecule has 0 spiro atoms.